The summed E-state index contributed by atoms with van der Waals surface area (Å²) in [5, 5.41) is 28.8. The molecule has 3 rings (SSSR count). The van der Waals surface area contributed by atoms with Crippen molar-refractivity contribution in [2.75, 3.05) is 53.6 Å². The summed E-state index contributed by atoms with van der Waals surface area (Å²) >= 11 is 0. The van der Waals surface area contributed by atoms with E-state index < -0.39 is 6.10 Å². The Bertz CT molecular complexity index is 995. The fourth-order valence-corrected chi connectivity index (χ4v) is 3.44. The second-order valence-electron chi connectivity index (χ2n) is 8.27. The summed E-state index contributed by atoms with van der Waals surface area (Å²) in [5.41, 5.74) is 3.14. The van der Waals surface area contributed by atoms with Gasteiger partial charge in [0.15, 0.2) is 0 Å². The average molecular weight is 485 g/mol. The molecule has 1 heterocycles. The summed E-state index contributed by atoms with van der Waals surface area (Å²) in [6, 6.07) is 15.2. The standard InChI is InChI=1S/C26H36N4O5/c1-27-11-12-30(2)18-21-17-28-29-26(21)20-6-8-23(9-7-20)34-14-15-35-25-5-3-4-24(16-25)33-13-10-22(32)19-31/h3-9,16-17,22,27,31-32H,10-15,18-19H2,1-2H3,(H,28,29). The Morgan fingerprint density at radius 3 is 2.37 bits per heavy atom. The first-order chi connectivity index (χ1) is 17.1. The van der Waals surface area contributed by atoms with Gasteiger partial charge in [0.05, 0.1) is 25.0 Å². The third kappa shape index (κ3) is 8.88. The number of likely N-dealkylation sites (N-methyl/N-ethyl adjacent to an activating group) is 2. The zero-order valence-corrected chi connectivity index (χ0v) is 20.4. The lowest BCUT2D eigenvalue weighted by Gasteiger charge is -2.16. The number of rotatable bonds is 16. The second-order valence-corrected chi connectivity index (χ2v) is 8.27. The largest absolute Gasteiger partial charge is 0.493 e. The van der Waals surface area contributed by atoms with Crippen molar-refractivity contribution < 1.29 is 24.4 Å². The molecule has 0 spiro atoms. The summed E-state index contributed by atoms with van der Waals surface area (Å²) in [6.45, 7) is 3.55. The molecule has 0 aliphatic heterocycles. The predicted octanol–water partition coefficient (Wildman–Crippen LogP) is 2.31. The van der Waals surface area contributed by atoms with E-state index in [0.717, 1.165) is 42.2 Å². The topological polar surface area (TPSA) is 112 Å². The van der Waals surface area contributed by atoms with Crippen LogP contribution in [0.5, 0.6) is 17.2 Å². The van der Waals surface area contributed by atoms with Gasteiger partial charge < -0.3 is 34.6 Å². The van der Waals surface area contributed by atoms with Gasteiger partial charge in [0.25, 0.3) is 0 Å². The minimum Gasteiger partial charge on any atom is -0.493 e. The van der Waals surface area contributed by atoms with Crippen molar-refractivity contribution in [3.63, 3.8) is 0 Å². The van der Waals surface area contributed by atoms with Crippen molar-refractivity contribution in [3.05, 3.63) is 60.3 Å². The quantitative estimate of drug-likeness (QED) is 0.229. The van der Waals surface area contributed by atoms with Gasteiger partial charge in [0.1, 0.15) is 30.5 Å². The summed E-state index contributed by atoms with van der Waals surface area (Å²) in [4.78, 5) is 2.26. The number of nitrogens with zero attached hydrogens (tertiary/aromatic N) is 2. The lowest BCUT2D eigenvalue weighted by atomic mass is 10.1. The molecule has 0 saturated carbocycles. The minimum atomic E-state index is -0.767. The number of aliphatic hydroxyl groups is 2. The molecule has 0 fully saturated rings. The second kappa shape index (κ2) is 14.3. The molecule has 4 N–H and O–H groups in total. The normalized spacial score (nSPS) is 12.0. The van der Waals surface area contributed by atoms with Crippen LogP contribution in [0.3, 0.4) is 0 Å². The van der Waals surface area contributed by atoms with Gasteiger partial charge in [0, 0.05) is 49.4 Å². The molecule has 190 valence electrons. The van der Waals surface area contributed by atoms with Gasteiger partial charge in [0.2, 0.25) is 0 Å². The number of aromatic amines is 1. The van der Waals surface area contributed by atoms with Crippen LogP contribution in [0.1, 0.15) is 12.0 Å². The monoisotopic (exact) mass is 484 g/mol. The summed E-state index contributed by atoms with van der Waals surface area (Å²) in [6.07, 6.45) is 1.55. The molecule has 1 aromatic heterocycles. The summed E-state index contributed by atoms with van der Waals surface area (Å²) in [7, 11) is 4.05. The molecular formula is C26H36N4O5. The SMILES string of the molecule is CNCCN(C)Cc1c[nH]nc1-c1ccc(OCCOc2cccc(OCCC(O)CO)c2)cc1. The van der Waals surface area contributed by atoms with E-state index in [9.17, 15) is 5.11 Å². The predicted molar refractivity (Wildman–Crippen MR) is 135 cm³/mol. The van der Waals surface area contributed by atoms with Crippen LogP contribution < -0.4 is 19.5 Å². The first kappa shape index (κ1) is 26.5. The third-order valence-electron chi connectivity index (χ3n) is 5.39. The van der Waals surface area contributed by atoms with Gasteiger partial charge in [-0.2, -0.15) is 5.10 Å². The van der Waals surface area contributed by atoms with Gasteiger partial charge in [-0.1, -0.05) is 6.07 Å². The van der Waals surface area contributed by atoms with Crippen molar-refractivity contribution in [1.82, 2.24) is 20.4 Å². The molecule has 9 nitrogen and oxygen atoms in total. The highest BCUT2D eigenvalue weighted by atomic mass is 16.5. The van der Waals surface area contributed by atoms with Gasteiger partial charge in [-0.05, 0) is 50.5 Å². The summed E-state index contributed by atoms with van der Waals surface area (Å²) < 4.78 is 17.2. The van der Waals surface area contributed by atoms with Crippen LogP contribution in [0.4, 0.5) is 0 Å². The molecule has 2 aromatic carbocycles. The maximum absolute atomic E-state index is 9.38. The molecule has 9 heteroatoms. The van der Waals surface area contributed by atoms with E-state index in [0.29, 0.717) is 37.7 Å². The maximum Gasteiger partial charge on any atom is 0.123 e. The molecule has 1 unspecified atom stereocenters. The lowest BCUT2D eigenvalue weighted by Crippen LogP contribution is -2.26. The fraction of sp³-hybridized carbons (Fsp3) is 0.423. The van der Waals surface area contributed by atoms with E-state index in [-0.39, 0.29) is 6.61 Å². The van der Waals surface area contributed by atoms with E-state index in [1.54, 1.807) is 6.07 Å². The molecule has 35 heavy (non-hydrogen) atoms. The highest BCUT2D eigenvalue weighted by molar-refractivity contribution is 5.63. The van der Waals surface area contributed by atoms with E-state index >= 15 is 0 Å². The highest BCUT2D eigenvalue weighted by Crippen LogP contribution is 2.25. The van der Waals surface area contributed by atoms with Gasteiger partial charge >= 0.3 is 0 Å². The number of aromatic nitrogens is 2. The molecule has 0 aliphatic rings. The van der Waals surface area contributed by atoms with Crippen molar-refractivity contribution in [2.24, 2.45) is 0 Å². The fourth-order valence-electron chi connectivity index (χ4n) is 3.44. The highest BCUT2D eigenvalue weighted by Gasteiger charge is 2.11. The molecule has 3 aromatic rings. The molecule has 0 saturated heterocycles. The lowest BCUT2D eigenvalue weighted by molar-refractivity contribution is 0.0753. The van der Waals surface area contributed by atoms with Crippen molar-refractivity contribution in [2.45, 2.75) is 19.1 Å². The van der Waals surface area contributed by atoms with E-state index in [2.05, 4.69) is 27.5 Å². The number of benzene rings is 2. The van der Waals surface area contributed by atoms with Crippen molar-refractivity contribution >= 4 is 0 Å². The number of hydrogen-bond acceptors (Lipinski definition) is 8. The van der Waals surface area contributed by atoms with E-state index in [1.807, 2.05) is 55.7 Å². The Labute approximate surface area is 206 Å². The number of nitrogens with one attached hydrogen (secondary N) is 2. The van der Waals surface area contributed by atoms with Crippen molar-refractivity contribution in [3.8, 4) is 28.5 Å². The van der Waals surface area contributed by atoms with Crippen LogP contribution in [0.2, 0.25) is 0 Å². The maximum atomic E-state index is 9.38. The Hall–Kier alpha value is -3.11. The Kier molecular flexibility index (Phi) is 10.8. The van der Waals surface area contributed by atoms with Crippen LogP contribution in [-0.4, -0.2) is 85.0 Å². The molecule has 0 bridgehead atoms. The number of H-pyrrole nitrogens is 1. The molecule has 0 amide bonds. The Balaban J connectivity index is 1.43. The average Bonchev–Trinajstić information content (AvgIpc) is 3.33. The first-order valence-corrected chi connectivity index (χ1v) is 11.8. The zero-order valence-electron chi connectivity index (χ0n) is 20.4. The molecule has 0 radical (unpaired) electrons. The first-order valence-electron chi connectivity index (χ1n) is 11.8. The smallest absolute Gasteiger partial charge is 0.123 e. The van der Waals surface area contributed by atoms with Crippen molar-refractivity contribution in [1.29, 1.82) is 0 Å². The molecule has 1 atom stereocenters. The third-order valence-corrected chi connectivity index (χ3v) is 5.39. The minimum absolute atomic E-state index is 0.270. The number of ether oxygens (including phenoxy) is 3. The summed E-state index contributed by atoms with van der Waals surface area (Å²) in [5.74, 6) is 2.09. The van der Waals surface area contributed by atoms with E-state index in [4.69, 9.17) is 19.3 Å². The number of aliphatic hydroxyl groups excluding tert-OH is 2. The van der Waals surface area contributed by atoms with E-state index in [1.165, 1.54) is 0 Å². The van der Waals surface area contributed by atoms with Crippen LogP contribution >= 0.6 is 0 Å². The van der Waals surface area contributed by atoms with Crippen LogP contribution in [0.25, 0.3) is 11.3 Å². The van der Waals surface area contributed by atoms with Gasteiger partial charge in [-0.3, -0.25) is 5.10 Å². The Morgan fingerprint density at radius 2 is 1.69 bits per heavy atom. The Morgan fingerprint density at radius 1 is 1.00 bits per heavy atom. The van der Waals surface area contributed by atoms with Gasteiger partial charge in [-0.25, -0.2) is 0 Å². The molecule has 0 aliphatic carbocycles. The van der Waals surface area contributed by atoms with Crippen LogP contribution in [0, 0.1) is 0 Å². The van der Waals surface area contributed by atoms with Crippen LogP contribution in [-0.2, 0) is 6.54 Å². The van der Waals surface area contributed by atoms with Gasteiger partial charge in [-0.15, -0.1) is 0 Å². The molecular weight excluding hydrogens is 448 g/mol. The zero-order chi connectivity index (χ0) is 24.9. The van der Waals surface area contributed by atoms with Crippen LogP contribution in [0.15, 0.2) is 54.7 Å². The number of hydrogen-bond donors (Lipinski definition) is 4.